The number of para-hydroxylation sites is 1. The van der Waals surface area contributed by atoms with Gasteiger partial charge in [-0.05, 0) is 12.1 Å². The molecule has 0 atom stereocenters. The molecule has 21 heavy (non-hydrogen) atoms. The summed E-state index contributed by atoms with van der Waals surface area (Å²) in [7, 11) is 0. The maximum Gasteiger partial charge on any atom is 0.313 e. The number of rotatable bonds is 5. The van der Waals surface area contributed by atoms with Crippen molar-refractivity contribution in [3.8, 4) is 11.5 Å². The summed E-state index contributed by atoms with van der Waals surface area (Å²) in [5, 5.41) is 13.5. The molecule has 1 N–H and O–H groups in total. The van der Waals surface area contributed by atoms with Crippen LogP contribution >= 0.6 is 11.8 Å². The first-order valence-corrected chi connectivity index (χ1v) is 7.36. The number of carboxylic acid groups (broad SMARTS) is 1. The fourth-order valence-corrected chi connectivity index (χ4v) is 2.40. The van der Waals surface area contributed by atoms with Crippen LogP contribution in [0.5, 0.6) is 0 Å². The number of hydrogen-bond acceptors (Lipinski definition) is 6. The molecular weight excluding hydrogens is 290 g/mol. The SMILES string of the molecule is O=C(O)CSCc1nc(-c2ccc3ccccc3n2)no1. The summed E-state index contributed by atoms with van der Waals surface area (Å²) < 4.78 is 5.10. The van der Waals surface area contributed by atoms with Crippen LogP contribution in [0.3, 0.4) is 0 Å². The lowest BCUT2D eigenvalue weighted by molar-refractivity contribution is -0.133. The van der Waals surface area contributed by atoms with E-state index in [0.29, 0.717) is 23.2 Å². The molecule has 0 aliphatic heterocycles. The second-order valence-electron chi connectivity index (χ2n) is 4.29. The first-order chi connectivity index (χ1) is 10.2. The summed E-state index contributed by atoms with van der Waals surface area (Å²) in [6.45, 7) is 0. The highest BCUT2D eigenvalue weighted by atomic mass is 32.2. The Bertz CT molecular complexity index is 788. The molecule has 106 valence electrons. The number of fused-ring (bicyclic) bond motifs is 1. The molecule has 0 saturated carbocycles. The lowest BCUT2D eigenvalue weighted by atomic mass is 10.2. The summed E-state index contributed by atoms with van der Waals surface area (Å²) in [6.07, 6.45) is 0. The highest BCUT2D eigenvalue weighted by Gasteiger charge is 2.11. The predicted molar refractivity (Wildman–Crippen MR) is 78.8 cm³/mol. The van der Waals surface area contributed by atoms with E-state index in [1.165, 1.54) is 11.8 Å². The van der Waals surface area contributed by atoms with Crippen LogP contribution in [0.2, 0.25) is 0 Å². The molecule has 2 aromatic heterocycles. The van der Waals surface area contributed by atoms with Crippen LogP contribution in [-0.4, -0.2) is 32.0 Å². The van der Waals surface area contributed by atoms with Crippen LogP contribution in [-0.2, 0) is 10.5 Å². The van der Waals surface area contributed by atoms with E-state index in [2.05, 4.69) is 15.1 Å². The molecule has 0 saturated heterocycles. The molecule has 0 aliphatic carbocycles. The van der Waals surface area contributed by atoms with Gasteiger partial charge in [-0.15, -0.1) is 11.8 Å². The first kappa shape index (κ1) is 13.6. The van der Waals surface area contributed by atoms with E-state index in [9.17, 15) is 4.79 Å². The number of nitrogens with zero attached hydrogens (tertiary/aromatic N) is 3. The Labute approximate surface area is 124 Å². The Morgan fingerprint density at radius 1 is 1.19 bits per heavy atom. The zero-order valence-electron chi connectivity index (χ0n) is 10.9. The van der Waals surface area contributed by atoms with Crippen LogP contribution in [0.25, 0.3) is 22.4 Å². The molecule has 0 fully saturated rings. The molecule has 0 amide bonds. The highest BCUT2D eigenvalue weighted by molar-refractivity contribution is 7.99. The summed E-state index contributed by atoms with van der Waals surface area (Å²) in [5.41, 5.74) is 1.49. The van der Waals surface area contributed by atoms with Crippen molar-refractivity contribution in [2.75, 3.05) is 5.75 Å². The Balaban J connectivity index is 1.79. The fourth-order valence-electron chi connectivity index (χ4n) is 1.83. The van der Waals surface area contributed by atoms with Crippen molar-refractivity contribution in [1.82, 2.24) is 15.1 Å². The average molecular weight is 301 g/mol. The van der Waals surface area contributed by atoms with E-state index < -0.39 is 5.97 Å². The molecule has 2 heterocycles. The third kappa shape index (κ3) is 3.19. The second-order valence-corrected chi connectivity index (χ2v) is 5.27. The zero-order valence-corrected chi connectivity index (χ0v) is 11.7. The molecule has 3 aromatic rings. The van der Waals surface area contributed by atoms with Crippen LogP contribution in [0.4, 0.5) is 0 Å². The normalized spacial score (nSPS) is 10.9. The van der Waals surface area contributed by atoms with Gasteiger partial charge in [0, 0.05) is 5.39 Å². The Morgan fingerprint density at radius 2 is 2.05 bits per heavy atom. The number of carbonyl (C=O) groups is 1. The summed E-state index contributed by atoms with van der Waals surface area (Å²) >= 11 is 1.21. The van der Waals surface area contributed by atoms with Crippen LogP contribution < -0.4 is 0 Å². The molecule has 0 bridgehead atoms. The molecule has 3 rings (SSSR count). The van der Waals surface area contributed by atoms with Gasteiger partial charge < -0.3 is 9.63 Å². The van der Waals surface area contributed by atoms with Gasteiger partial charge in [0.15, 0.2) is 0 Å². The Morgan fingerprint density at radius 3 is 2.90 bits per heavy atom. The van der Waals surface area contributed by atoms with Gasteiger partial charge in [-0.2, -0.15) is 4.98 Å². The van der Waals surface area contributed by atoms with E-state index in [1.54, 1.807) is 0 Å². The quantitative estimate of drug-likeness (QED) is 0.774. The van der Waals surface area contributed by atoms with Gasteiger partial charge in [0.05, 0.1) is 17.0 Å². The molecule has 0 radical (unpaired) electrons. The van der Waals surface area contributed by atoms with Gasteiger partial charge in [-0.3, -0.25) is 4.79 Å². The van der Waals surface area contributed by atoms with E-state index in [0.717, 1.165) is 10.9 Å². The number of carboxylic acids is 1. The molecule has 0 aliphatic rings. The Hall–Kier alpha value is -2.41. The molecule has 0 spiro atoms. The maximum absolute atomic E-state index is 10.4. The van der Waals surface area contributed by atoms with Crippen molar-refractivity contribution >= 4 is 28.6 Å². The minimum Gasteiger partial charge on any atom is -0.481 e. The van der Waals surface area contributed by atoms with E-state index in [-0.39, 0.29) is 5.75 Å². The Kier molecular flexibility index (Phi) is 3.83. The third-order valence-electron chi connectivity index (χ3n) is 2.75. The van der Waals surface area contributed by atoms with E-state index >= 15 is 0 Å². The second kappa shape index (κ2) is 5.92. The number of benzene rings is 1. The minimum atomic E-state index is -0.865. The monoisotopic (exact) mass is 301 g/mol. The lowest BCUT2D eigenvalue weighted by Crippen LogP contribution is -1.98. The van der Waals surface area contributed by atoms with E-state index in [1.807, 2.05) is 36.4 Å². The minimum absolute atomic E-state index is 0.00589. The lowest BCUT2D eigenvalue weighted by Gasteiger charge is -1.98. The summed E-state index contributed by atoms with van der Waals surface area (Å²) in [5.74, 6) is 0.313. The average Bonchev–Trinajstić information content (AvgIpc) is 2.95. The fraction of sp³-hybridized carbons (Fsp3) is 0.143. The largest absolute Gasteiger partial charge is 0.481 e. The van der Waals surface area contributed by atoms with E-state index in [4.69, 9.17) is 9.63 Å². The van der Waals surface area contributed by atoms with Gasteiger partial charge >= 0.3 is 5.97 Å². The number of hydrogen-bond donors (Lipinski definition) is 1. The van der Waals surface area contributed by atoms with Crippen LogP contribution in [0.15, 0.2) is 40.9 Å². The van der Waals surface area contributed by atoms with Gasteiger partial charge in [0.25, 0.3) is 0 Å². The maximum atomic E-state index is 10.4. The summed E-state index contributed by atoms with van der Waals surface area (Å²) in [6, 6.07) is 11.6. The number of aromatic nitrogens is 3. The van der Waals surface area contributed by atoms with Crippen LogP contribution in [0.1, 0.15) is 5.89 Å². The van der Waals surface area contributed by atoms with Gasteiger partial charge in [0.2, 0.25) is 11.7 Å². The van der Waals surface area contributed by atoms with Gasteiger partial charge in [-0.25, -0.2) is 4.98 Å². The van der Waals surface area contributed by atoms with Crippen molar-refractivity contribution in [3.05, 3.63) is 42.3 Å². The predicted octanol–water partition coefficient (Wildman–Crippen LogP) is 2.60. The molecule has 7 heteroatoms. The van der Waals surface area contributed by atoms with Crippen molar-refractivity contribution in [1.29, 1.82) is 0 Å². The van der Waals surface area contributed by atoms with Crippen molar-refractivity contribution in [3.63, 3.8) is 0 Å². The molecular formula is C14H11N3O3S. The van der Waals surface area contributed by atoms with Crippen LogP contribution in [0, 0.1) is 0 Å². The first-order valence-electron chi connectivity index (χ1n) is 6.20. The van der Waals surface area contributed by atoms with Crippen molar-refractivity contribution in [2.24, 2.45) is 0 Å². The number of thioether (sulfide) groups is 1. The third-order valence-corrected chi connectivity index (χ3v) is 3.65. The number of pyridine rings is 1. The van der Waals surface area contributed by atoms with Crippen molar-refractivity contribution < 1.29 is 14.4 Å². The highest BCUT2D eigenvalue weighted by Crippen LogP contribution is 2.19. The molecule has 6 nitrogen and oxygen atoms in total. The molecule has 0 unspecified atom stereocenters. The summed E-state index contributed by atoms with van der Waals surface area (Å²) in [4.78, 5) is 19.2. The standard InChI is InChI=1S/C14H11N3O3S/c18-13(19)8-21-7-12-16-14(17-20-12)11-6-5-9-3-1-2-4-10(9)15-11/h1-6H,7-8H2,(H,18,19). The number of aliphatic carboxylic acids is 1. The topological polar surface area (TPSA) is 89.1 Å². The molecule has 1 aromatic carbocycles. The van der Waals surface area contributed by atoms with Gasteiger partial charge in [0.1, 0.15) is 5.69 Å². The van der Waals surface area contributed by atoms with Crippen molar-refractivity contribution in [2.45, 2.75) is 5.75 Å². The van der Waals surface area contributed by atoms with Gasteiger partial charge in [-0.1, -0.05) is 29.4 Å². The smallest absolute Gasteiger partial charge is 0.313 e. The zero-order chi connectivity index (χ0) is 14.7.